The smallest absolute Gasteiger partial charge is 0.409 e. The first kappa shape index (κ1) is 19.1. The molecular weight excluding hydrogens is 370 g/mol. The van der Waals surface area contributed by atoms with Crippen molar-refractivity contribution in [2.75, 3.05) is 39.9 Å². The van der Waals surface area contributed by atoms with Crippen LogP contribution in [0.3, 0.4) is 0 Å². The molecule has 7 nitrogen and oxygen atoms in total. The van der Waals surface area contributed by atoms with Gasteiger partial charge in [-0.15, -0.1) is 0 Å². The molecule has 0 saturated carbocycles. The van der Waals surface area contributed by atoms with Gasteiger partial charge in [0.05, 0.1) is 30.0 Å². The van der Waals surface area contributed by atoms with Gasteiger partial charge in [-0.05, 0) is 25.1 Å². The van der Waals surface area contributed by atoms with Crippen LogP contribution >= 0.6 is 11.6 Å². The van der Waals surface area contributed by atoms with Crippen molar-refractivity contribution < 1.29 is 19.1 Å². The summed E-state index contributed by atoms with van der Waals surface area (Å²) in [6, 6.07) is 7.18. The molecular formula is C19H22ClN3O4. The van der Waals surface area contributed by atoms with E-state index in [9.17, 15) is 9.59 Å². The second-order valence-electron chi connectivity index (χ2n) is 6.07. The maximum Gasteiger partial charge on any atom is 0.409 e. The second-order valence-corrected chi connectivity index (χ2v) is 6.48. The van der Waals surface area contributed by atoms with Crippen LogP contribution in [-0.2, 0) is 4.74 Å². The number of piperazine rings is 1. The van der Waals surface area contributed by atoms with Gasteiger partial charge in [0.2, 0.25) is 0 Å². The Labute approximate surface area is 163 Å². The number of ether oxygens (including phenoxy) is 2. The molecule has 1 aliphatic heterocycles. The van der Waals surface area contributed by atoms with E-state index in [1.54, 1.807) is 28.9 Å². The minimum atomic E-state index is -0.346. The lowest BCUT2D eigenvalue weighted by atomic mass is 10.1. The highest BCUT2D eigenvalue weighted by Crippen LogP contribution is 2.31. The Morgan fingerprint density at radius 3 is 2.30 bits per heavy atom. The van der Waals surface area contributed by atoms with E-state index in [0.717, 1.165) is 5.69 Å². The number of halogens is 1. The van der Waals surface area contributed by atoms with E-state index in [1.165, 1.54) is 7.11 Å². The number of benzene rings is 1. The topological polar surface area (TPSA) is 64.0 Å². The maximum atomic E-state index is 13.0. The van der Waals surface area contributed by atoms with Crippen LogP contribution in [0.5, 0.6) is 5.75 Å². The van der Waals surface area contributed by atoms with Crippen molar-refractivity contribution in [2.45, 2.75) is 6.92 Å². The zero-order valence-electron chi connectivity index (χ0n) is 15.4. The van der Waals surface area contributed by atoms with Crippen molar-refractivity contribution >= 4 is 23.6 Å². The molecule has 0 N–H and O–H groups in total. The van der Waals surface area contributed by atoms with E-state index < -0.39 is 0 Å². The second kappa shape index (κ2) is 8.35. The Morgan fingerprint density at radius 2 is 1.70 bits per heavy atom. The molecule has 8 heteroatoms. The predicted octanol–water partition coefficient (Wildman–Crippen LogP) is 3.05. The average Bonchev–Trinajstić information content (AvgIpc) is 3.22. The number of nitrogens with zero attached hydrogens (tertiary/aromatic N) is 3. The Balaban J connectivity index is 1.77. The first-order chi connectivity index (χ1) is 13.0. The van der Waals surface area contributed by atoms with E-state index in [-0.39, 0.29) is 12.0 Å². The summed E-state index contributed by atoms with van der Waals surface area (Å²) >= 11 is 6.42. The number of aromatic nitrogens is 1. The summed E-state index contributed by atoms with van der Waals surface area (Å²) in [7, 11) is 1.53. The zero-order valence-corrected chi connectivity index (χ0v) is 16.1. The van der Waals surface area contributed by atoms with Crippen LogP contribution in [0.4, 0.5) is 4.79 Å². The van der Waals surface area contributed by atoms with E-state index in [2.05, 4.69) is 0 Å². The molecule has 1 aromatic heterocycles. The first-order valence-electron chi connectivity index (χ1n) is 8.77. The fourth-order valence-electron chi connectivity index (χ4n) is 3.05. The SMILES string of the molecule is CCOC(=O)N1CCN(C(=O)c2cc(Cl)c(-n3cccc3)cc2OC)CC1. The van der Waals surface area contributed by atoms with Crippen LogP contribution in [0, 0.1) is 0 Å². The van der Waals surface area contributed by atoms with Crippen LogP contribution in [0.15, 0.2) is 36.7 Å². The van der Waals surface area contributed by atoms with E-state index in [1.807, 2.05) is 29.1 Å². The standard InChI is InChI=1S/C19H22ClN3O4/c1-3-27-19(25)23-10-8-22(9-11-23)18(24)14-12-15(20)16(13-17(14)26-2)21-6-4-5-7-21/h4-7,12-13H,3,8-11H2,1-2H3. The number of amides is 2. The number of carbonyl (C=O) groups is 2. The number of rotatable bonds is 4. The van der Waals surface area contributed by atoms with Gasteiger partial charge in [-0.1, -0.05) is 11.6 Å². The normalized spacial score (nSPS) is 14.2. The van der Waals surface area contributed by atoms with Gasteiger partial charge in [0.15, 0.2) is 0 Å². The summed E-state index contributed by atoms with van der Waals surface area (Å²) in [5, 5.41) is 0.459. The van der Waals surface area contributed by atoms with Crippen molar-refractivity contribution in [1.82, 2.24) is 14.4 Å². The highest BCUT2D eigenvalue weighted by Gasteiger charge is 2.27. The number of hydrogen-bond donors (Lipinski definition) is 0. The number of methoxy groups -OCH3 is 1. The summed E-state index contributed by atoms with van der Waals surface area (Å²) in [4.78, 5) is 28.1. The van der Waals surface area contributed by atoms with Gasteiger partial charge in [-0.3, -0.25) is 4.79 Å². The van der Waals surface area contributed by atoms with Gasteiger partial charge >= 0.3 is 6.09 Å². The van der Waals surface area contributed by atoms with Gasteiger partial charge in [-0.25, -0.2) is 4.79 Å². The first-order valence-corrected chi connectivity index (χ1v) is 9.14. The van der Waals surface area contributed by atoms with Crippen molar-refractivity contribution in [3.05, 3.63) is 47.2 Å². The molecule has 1 aliphatic rings. The third-order valence-electron chi connectivity index (χ3n) is 4.47. The Bertz CT molecular complexity index is 815. The predicted molar refractivity (Wildman–Crippen MR) is 102 cm³/mol. The highest BCUT2D eigenvalue weighted by atomic mass is 35.5. The number of hydrogen-bond acceptors (Lipinski definition) is 4. The fourth-order valence-corrected chi connectivity index (χ4v) is 3.31. The summed E-state index contributed by atoms with van der Waals surface area (Å²) in [6.45, 7) is 3.83. The van der Waals surface area contributed by atoms with Gasteiger partial charge < -0.3 is 23.8 Å². The third kappa shape index (κ3) is 4.03. The average molecular weight is 392 g/mol. The lowest BCUT2D eigenvalue weighted by molar-refractivity contribution is 0.0568. The van der Waals surface area contributed by atoms with Crippen LogP contribution in [0.1, 0.15) is 17.3 Å². The zero-order chi connectivity index (χ0) is 19.4. The van der Waals surface area contributed by atoms with Crippen LogP contribution < -0.4 is 4.74 Å². The van der Waals surface area contributed by atoms with Crippen molar-refractivity contribution in [1.29, 1.82) is 0 Å². The molecule has 1 fully saturated rings. The summed E-state index contributed by atoms with van der Waals surface area (Å²) in [5.41, 5.74) is 1.14. The van der Waals surface area contributed by atoms with E-state index in [4.69, 9.17) is 21.1 Å². The quantitative estimate of drug-likeness (QED) is 0.803. The maximum absolute atomic E-state index is 13.0. The largest absolute Gasteiger partial charge is 0.496 e. The molecule has 27 heavy (non-hydrogen) atoms. The Hall–Kier alpha value is -2.67. The molecule has 2 amide bonds. The Morgan fingerprint density at radius 1 is 1.07 bits per heavy atom. The van der Waals surface area contributed by atoms with Crippen LogP contribution in [0.25, 0.3) is 5.69 Å². The van der Waals surface area contributed by atoms with Crippen LogP contribution in [0.2, 0.25) is 5.02 Å². The molecule has 0 radical (unpaired) electrons. The third-order valence-corrected chi connectivity index (χ3v) is 4.78. The molecule has 2 aromatic rings. The van der Waals surface area contributed by atoms with E-state index in [0.29, 0.717) is 49.1 Å². The summed E-state index contributed by atoms with van der Waals surface area (Å²) in [5.74, 6) is 0.289. The van der Waals surface area contributed by atoms with Gasteiger partial charge in [0.25, 0.3) is 5.91 Å². The number of carbonyl (C=O) groups excluding carboxylic acids is 2. The molecule has 1 saturated heterocycles. The molecule has 0 unspecified atom stereocenters. The van der Waals surface area contributed by atoms with Gasteiger partial charge in [-0.2, -0.15) is 0 Å². The molecule has 0 atom stereocenters. The molecule has 0 spiro atoms. The molecule has 144 valence electrons. The van der Waals surface area contributed by atoms with Crippen molar-refractivity contribution in [2.24, 2.45) is 0 Å². The Kier molecular flexibility index (Phi) is 5.91. The lowest BCUT2D eigenvalue weighted by Gasteiger charge is -2.34. The molecule has 0 aliphatic carbocycles. The fraction of sp³-hybridized carbons (Fsp3) is 0.368. The molecule has 1 aromatic carbocycles. The van der Waals surface area contributed by atoms with Crippen LogP contribution in [-0.4, -0.2) is 66.3 Å². The minimum absolute atomic E-state index is 0.170. The lowest BCUT2D eigenvalue weighted by Crippen LogP contribution is -2.50. The summed E-state index contributed by atoms with van der Waals surface area (Å²) < 4.78 is 12.3. The van der Waals surface area contributed by atoms with Gasteiger partial charge in [0, 0.05) is 44.6 Å². The molecule has 3 rings (SSSR count). The highest BCUT2D eigenvalue weighted by molar-refractivity contribution is 6.33. The monoisotopic (exact) mass is 391 g/mol. The summed E-state index contributed by atoms with van der Waals surface area (Å²) in [6.07, 6.45) is 3.40. The van der Waals surface area contributed by atoms with Gasteiger partial charge in [0.1, 0.15) is 5.75 Å². The van der Waals surface area contributed by atoms with Crippen molar-refractivity contribution in [3.8, 4) is 11.4 Å². The molecule has 0 bridgehead atoms. The molecule has 2 heterocycles. The van der Waals surface area contributed by atoms with E-state index >= 15 is 0 Å². The van der Waals surface area contributed by atoms with Crippen molar-refractivity contribution in [3.63, 3.8) is 0 Å². The minimum Gasteiger partial charge on any atom is -0.496 e.